The van der Waals surface area contributed by atoms with E-state index in [1.165, 1.54) is 13.8 Å². The Morgan fingerprint density at radius 1 is 1.05 bits per heavy atom. The van der Waals surface area contributed by atoms with E-state index in [1.54, 1.807) is 0 Å². The van der Waals surface area contributed by atoms with Gasteiger partial charge in [0.25, 0.3) is 0 Å². The van der Waals surface area contributed by atoms with Gasteiger partial charge in [0.1, 0.15) is 0 Å². The van der Waals surface area contributed by atoms with Crippen molar-refractivity contribution in [1.29, 1.82) is 0 Å². The average Bonchev–Trinajstić information content (AvgIpc) is 2.45. The third-order valence-electron chi connectivity index (χ3n) is 4.09. The van der Waals surface area contributed by atoms with Gasteiger partial charge in [-0.05, 0) is 26.7 Å². The van der Waals surface area contributed by atoms with Crippen LogP contribution in [0.15, 0.2) is 12.2 Å². The zero-order valence-electron chi connectivity index (χ0n) is 13.2. The first kappa shape index (κ1) is 19.6. The predicted molar refractivity (Wildman–Crippen MR) is 79.7 cm³/mol. The summed E-state index contributed by atoms with van der Waals surface area (Å²) in [4.78, 5) is 22.5. The number of aliphatic hydroxyl groups excluding tert-OH is 1. The van der Waals surface area contributed by atoms with E-state index in [2.05, 4.69) is 13.0 Å². The molecule has 0 heterocycles. The molecule has 0 radical (unpaired) electrons. The molecule has 0 aliphatic carbocycles. The number of aliphatic carboxylic acids is 2. The van der Waals surface area contributed by atoms with Crippen LogP contribution in [0, 0.1) is 0 Å². The zero-order chi connectivity index (χ0) is 16.5. The molecule has 6 heteroatoms. The van der Waals surface area contributed by atoms with Gasteiger partial charge in [0, 0.05) is 6.42 Å². The maximum Gasteiger partial charge on any atom is 0.362 e. The number of hydrogen-bond acceptors (Lipinski definition) is 3. The molecule has 3 N–H and O–H groups in total. The van der Waals surface area contributed by atoms with Crippen molar-refractivity contribution < 1.29 is 29.4 Å². The van der Waals surface area contributed by atoms with E-state index < -0.39 is 30.8 Å². The molecule has 2 atom stereocenters. The first-order valence-electron chi connectivity index (χ1n) is 7.41. The van der Waals surface area contributed by atoms with E-state index in [4.69, 9.17) is 0 Å². The lowest BCUT2D eigenvalue weighted by atomic mass is 10.1. The highest BCUT2D eigenvalue weighted by molar-refractivity contribution is 5.74. The summed E-state index contributed by atoms with van der Waals surface area (Å²) in [6.07, 6.45) is 7.53. The van der Waals surface area contributed by atoms with Crippen molar-refractivity contribution in [3.05, 3.63) is 12.2 Å². The zero-order valence-corrected chi connectivity index (χ0v) is 13.2. The van der Waals surface area contributed by atoms with Crippen molar-refractivity contribution >= 4 is 11.9 Å². The molecule has 0 rings (SSSR count). The summed E-state index contributed by atoms with van der Waals surface area (Å²) in [6, 6.07) is -1.94. The number of rotatable bonds is 11. The van der Waals surface area contributed by atoms with Crippen LogP contribution in [0.25, 0.3) is 0 Å². The van der Waals surface area contributed by atoms with Gasteiger partial charge in [-0.25, -0.2) is 9.59 Å². The minimum absolute atomic E-state index is 0.313. The van der Waals surface area contributed by atoms with Crippen molar-refractivity contribution in [1.82, 2.24) is 0 Å². The molecule has 2 unspecified atom stereocenters. The highest BCUT2D eigenvalue weighted by Gasteiger charge is 2.45. The average molecular weight is 302 g/mol. The SMILES string of the molecule is CCC/C=C/CCC[N+](CO)(C(C)C(=O)O)C(C)C(=O)O. The molecule has 6 nitrogen and oxygen atoms in total. The minimum Gasteiger partial charge on any atom is -0.477 e. The lowest BCUT2D eigenvalue weighted by molar-refractivity contribution is -0.971. The van der Waals surface area contributed by atoms with Gasteiger partial charge >= 0.3 is 11.9 Å². The van der Waals surface area contributed by atoms with Gasteiger partial charge in [0.05, 0.1) is 6.54 Å². The summed E-state index contributed by atoms with van der Waals surface area (Å²) in [5.41, 5.74) is 0. The lowest BCUT2D eigenvalue weighted by Crippen LogP contribution is -2.65. The van der Waals surface area contributed by atoms with Crippen LogP contribution in [0.5, 0.6) is 0 Å². The van der Waals surface area contributed by atoms with Gasteiger partial charge in [0.2, 0.25) is 0 Å². The normalized spacial score (nSPS) is 17.3. The van der Waals surface area contributed by atoms with E-state index in [0.717, 1.165) is 19.3 Å². The van der Waals surface area contributed by atoms with Crippen LogP contribution >= 0.6 is 0 Å². The molecule has 0 saturated heterocycles. The molecule has 0 aromatic heterocycles. The predicted octanol–water partition coefficient (Wildman–Crippen LogP) is 1.84. The summed E-state index contributed by atoms with van der Waals surface area (Å²) in [5.74, 6) is -2.20. The molecule has 0 aliphatic heterocycles. The van der Waals surface area contributed by atoms with Gasteiger partial charge < -0.3 is 15.3 Å². The van der Waals surface area contributed by atoms with Crippen molar-refractivity contribution in [2.45, 2.75) is 58.5 Å². The van der Waals surface area contributed by atoms with Crippen LogP contribution in [-0.4, -0.2) is 57.1 Å². The summed E-state index contributed by atoms with van der Waals surface area (Å²) in [5, 5.41) is 28.1. The number of carboxylic acid groups (broad SMARTS) is 2. The van der Waals surface area contributed by atoms with Crippen LogP contribution in [0.4, 0.5) is 0 Å². The van der Waals surface area contributed by atoms with Gasteiger partial charge in [-0.2, -0.15) is 0 Å². The molecule has 0 aromatic carbocycles. The van der Waals surface area contributed by atoms with Crippen molar-refractivity contribution in [3.8, 4) is 0 Å². The van der Waals surface area contributed by atoms with E-state index in [1.807, 2.05) is 6.08 Å². The van der Waals surface area contributed by atoms with E-state index in [-0.39, 0.29) is 4.48 Å². The van der Waals surface area contributed by atoms with Crippen LogP contribution in [-0.2, 0) is 9.59 Å². The Kier molecular flexibility index (Phi) is 8.89. The minimum atomic E-state index is -1.10. The maximum absolute atomic E-state index is 11.3. The van der Waals surface area contributed by atoms with Crippen molar-refractivity contribution in [2.75, 3.05) is 13.3 Å². The highest BCUT2D eigenvalue weighted by atomic mass is 16.4. The summed E-state index contributed by atoms with van der Waals surface area (Å²) in [7, 11) is 0. The van der Waals surface area contributed by atoms with E-state index >= 15 is 0 Å². The molecule has 0 aliphatic rings. The molecule has 0 spiro atoms. The third-order valence-corrected chi connectivity index (χ3v) is 4.09. The molecular formula is C15H28NO5+. The van der Waals surface area contributed by atoms with E-state index in [0.29, 0.717) is 13.0 Å². The topological polar surface area (TPSA) is 94.8 Å². The Bertz CT molecular complexity index is 347. The quantitative estimate of drug-likeness (QED) is 0.234. The maximum atomic E-state index is 11.3. The molecular weight excluding hydrogens is 274 g/mol. The Labute approximate surface area is 126 Å². The summed E-state index contributed by atoms with van der Waals surface area (Å²) in [6.45, 7) is 4.80. The first-order valence-corrected chi connectivity index (χ1v) is 7.41. The summed E-state index contributed by atoms with van der Waals surface area (Å²) < 4.78 is -0.355. The second-order valence-corrected chi connectivity index (χ2v) is 5.40. The molecule has 0 amide bonds. The number of quaternary nitrogens is 1. The smallest absolute Gasteiger partial charge is 0.362 e. The number of hydrogen-bond donors (Lipinski definition) is 3. The molecule has 122 valence electrons. The number of carbonyl (C=O) groups is 2. The Hall–Kier alpha value is -1.40. The number of allylic oxidation sites excluding steroid dienone is 2. The van der Waals surface area contributed by atoms with Crippen LogP contribution in [0.1, 0.15) is 46.5 Å². The first-order chi connectivity index (χ1) is 9.83. The molecule has 0 aromatic rings. The Balaban J connectivity index is 4.95. The van der Waals surface area contributed by atoms with Gasteiger partial charge in [0.15, 0.2) is 18.8 Å². The number of carboxylic acids is 2. The molecule has 0 saturated carbocycles. The number of unbranched alkanes of at least 4 members (excludes halogenated alkanes) is 2. The fourth-order valence-electron chi connectivity index (χ4n) is 2.38. The second-order valence-electron chi connectivity index (χ2n) is 5.40. The highest BCUT2D eigenvalue weighted by Crippen LogP contribution is 2.21. The van der Waals surface area contributed by atoms with Crippen LogP contribution in [0.2, 0.25) is 0 Å². The molecule has 21 heavy (non-hydrogen) atoms. The van der Waals surface area contributed by atoms with Gasteiger partial charge in [-0.1, -0.05) is 25.5 Å². The molecule has 0 bridgehead atoms. The van der Waals surface area contributed by atoms with Gasteiger partial charge in [-0.15, -0.1) is 0 Å². The second kappa shape index (κ2) is 9.52. The standard InChI is InChI=1S/C15H27NO5/c1-4-5-6-7-8-9-10-16(11-17,12(2)14(18)19)13(3)15(20)21/h6-7,12-13,17H,4-5,8-11H2,1-3H3,(H-,18,19,20,21)/p+1/b7-6+. The Morgan fingerprint density at radius 2 is 1.52 bits per heavy atom. The van der Waals surface area contributed by atoms with Crippen molar-refractivity contribution in [3.63, 3.8) is 0 Å². The fraction of sp³-hybridized carbons (Fsp3) is 0.733. The van der Waals surface area contributed by atoms with Gasteiger partial charge in [-0.3, -0.25) is 4.48 Å². The van der Waals surface area contributed by atoms with Crippen LogP contribution < -0.4 is 0 Å². The number of aliphatic hydroxyl groups is 1. The van der Waals surface area contributed by atoms with Crippen LogP contribution in [0.3, 0.4) is 0 Å². The monoisotopic (exact) mass is 302 g/mol. The number of nitrogens with zero attached hydrogens (tertiary/aromatic N) is 1. The molecule has 0 fully saturated rings. The third kappa shape index (κ3) is 5.47. The Morgan fingerprint density at radius 3 is 1.90 bits per heavy atom. The van der Waals surface area contributed by atoms with Crippen molar-refractivity contribution in [2.24, 2.45) is 0 Å². The van der Waals surface area contributed by atoms with E-state index in [9.17, 15) is 24.9 Å². The fourth-order valence-corrected chi connectivity index (χ4v) is 2.38. The lowest BCUT2D eigenvalue weighted by Gasteiger charge is -2.42. The summed E-state index contributed by atoms with van der Waals surface area (Å²) >= 11 is 0. The largest absolute Gasteiger partial charge is 0.477 e.